The number of fused-ring (bicyclic) bond motifs is 1. The predicted octanol–water partition coefficient (Wildman–Crippen LogP) is 1.81. The molecule has 0 N–H and O–H groups in total. The molecule has 3 heteroatoms. The summed E-state index contributed by atoms with van der Waals surface area (Å²) in [6.45, 7) is 3.54. The Labute approximate surface area is 91.8 Å². The first kappa shape index (κ1) is 10.9. The molecule has 1 heterocycles. The number of hydrogen-bond acceptors (Lipinski definition) is 3. The van der Waals surface area contributed by atoms with E-state index in [0.717, 1.165) is 32.2 Å². The average Bonchev–Trinajstić information content (AvgIpc) is 2.64. The zero-order chi connectivity index (χ0) is 10.9. The van der Waals surface area contributed by atoms with Crippen molar-refractivity contribution in [2.45, 2.75) is 45.1 Å². The summed E-state index contributed by atoms with van der Waals surface area (Å²) in [5.74, 6) is 0.0547. The fraction of sp³-hybridized carbons (Fsp3) is 0.917. The third-order valence-electron chi connectivity index (χ3n) is 4.09. The second kappa shape index (κ2) is 4.12. The van der Waals surface area contributed by atoms with Crippen LogP contribution in [0.25, 0.3) is 0 Å². The molecule has 2 aliphatic rings. The number of carbonyl (C=O) groups excluding carboxylic acids is 1. The van der Waals surface area contributed by atoms with Crippen LogP contribution in [-0.4, -0.2) is 37.1 Å². The van der Waals surface area contributed by atoms with Gasteiger partial charge in [0.1, 0.15) is 0 Å². The van der Waals surface area contributed by atoms with E-state index in [1.165, 1.54) is 6.42 Å². The second-order valence-corrected chi connectivity index (χ2v) is 4.87. The predicted molar refractivity (Wildman–Crippen MR) is 58.6 cm³/mol. The number of piperidine rings is 1. The van der Waals surface area contributed by atoms with Gasteiger partial charge in [0.05, 0.1) is 12.0 Å². The van der Waals surface area contributed by atoms with E-state index < -0.39 is 0 Å². The van der Waals surface area contributed by atoms with Crippen molar-refractivity contribution in [2.75, 3.05) is 20.2 Å². The molecule has 0 spiro atoms. The van der Waals surface area contributed by atoms with E-state index in [2.05, 4.69) is 11.9 Å². The van der Waals surface area contributed by atoms with Crippen LogP contribution >= 0.6 is 0 Å². The molecule has 1 saturated heterocycles. The summed E-state index contributed by atoms with van der Waals surface area (Å²) in [5, 5.41) is 0. The van der Waals surface area contributed by atoms with E-state index in [1.807, 2.05) is 6.92 Å². The van der Waals surface area contributed by atoms with Crippen molar-refractivity contribution in [1.82, 2.24) is 4.90 Å². The van der Waals surface area contributed by atoms with Crippen molar-refractivity contribution in [3.63, 3.8) is 0 Å². The molecule has 1 aliphatic carbocycles. The number of rotatable bonds is 2. The van der Waals surface area contributed by atoms with Crippen LogP contribution in [0.3, 0.4) is 0 Å². The molecule has 0 radical (unpaired) electrons. The monoisotopic (exact) mass is 211 g/mol. The van der Waals surface area contributed by atoms with Crippen molar-refractivity contribution in [3.8, 4) is 0 Å². The standard InChI is InChI=1S/C12H21NO2/c1-3-15-11(14)12-7-4-6-10(12)13(2)9-5-8-12/h10H,3-9H2,1-2H3. The highest BCUT2D eigenvalue weighted by molar-refractivity contribution is 5.78. The molecule has 2 atom stereocenters. The average molecular weight is 211 g/mol. The SMILES string of the molecule is CCOC(=O)C12CCCC1N(C)CCC2. The van der Waals surface area contributed by atoms with Crippen molar-refractivity contribution < 1.29 is 9.53 Å². The van der Waals surface area contributed by atoms with Gasteiger partial charge in [0.15, 0.2) is 0 Å². The summed E-state index contributed by atoms with van der Waals surface area (Å²) in [6.07, 6.45) is 5.52. The highest BCUT2D eigenvalue weighted by atomic mass is 16.5. The van der Waals surface area contributed by atoms with Gasteiger partial charge in [-0.25, -0.2) is 0 Å². The minimum Gasteiger partial charge on any atom is -0.466 e. The van der Waals surface area contributed by atoms with Crippen LogP contribution in [0.15, 0.2) is 0 Å². The molecule has 2 fully saturated rings. The smallest absolute Gasteiger partial charge is 0.313 e. The Kier molecular flexibility index (Phi) is 3.01. The van der Waals surface area contributed by atoms with Gasteiger partial charge in [-0.05, 0) is 46.2 Å². The number of carbonyl (C=O) groups is 1. The van der Waals surface area contributed by atoms with Crippen molar-refractivity contribution in [2.24, 2.45) is 5.41 Å². The lowest BCUT2D eigenvalue weighted by molar-refractivity contribution is -0.161. The van der Waals surface area contributed by atoms with Gasteiger partial charge in [-0.3, -0.25) is 4.79 Å². The minimum atomic E-state index is -0.164. The highest BCUT2D eigenvalue weighted by Gasteiger charge is 2.52. The van der Waals surface area contributed by atoms with Crippen molar-refractivity contribution >= 4 is 5.97 Å². The van der Waals surface area contributed by atoms with Gasteiger partial charge in [0.2, 0.25) is 0 Å². The van der Waals surface area contributed by atoms with E-state index in [4.69, 9.17) is 4.74 Å². The van der Waals surface area contributed by atoms with Gasteiger partial charge in [0, 0.05) is 6.04 Å². The number of hydrogen-bond donors (Lipinski definition) is 0. The first-order valence-electron chi connectivity index (χ1n) is 6.08. The zero-order valence-electron chi connectivity index (χ0n) is 9.79. The Morgan fingerprint density at radius 1 is 1.47 bits per heavy atom. The largest absolute Gasteiger partial charge is 0.466 e. The van der Waals surface area contributed by atoms with Gasteiger partial charge in [-0.2, -0.15) is 0 Å². The molecule has 3 nitrogen and oxygen atoms in total. The molecule has 2 rings (SSSR count). The van der Waals surface area contributed by atoms with Crippen LogP contribution in [0, 0.1) is 5.41 Å². The summed E-state index contributed by atoms with van der Waals surface area (Å²) in [6, 6.07) is 0.435. The van der Waals surface area contributed by atoms with E-state index >= 15 is 0 Å². The van der Waals surface area contributed by atoms with E-state index in [0.29, 0.717) is 12.6 Å². The molecule has 15 heavy (non-hydrogen) atoms. The van der Waals surface area contributed by atoms with Crippen LogP contribution in [0.1, 0.15) is 39.0 Å². The van der Waals surface area contributed by atoms with E-state index in [1.54, 1.807) is 0 Å². The quantitative estimate of drug-likeness (QED) is 0.652. The second-order valence-electron chi connectivity index (χ2n) is 4.87. The number of likely N-dealkylation sites (tertiary alicyclic amines) is 1. The van der Waals surface area contributed by atoms with Crippen LogP contribution in [0.4, 0.5) is 0 Å². The topological polar surface area (TPSA) is 29.5 Å². The molecule has 1 saturated carbocycles. The van der Waals surface area contributed by atoms with Gasteiger partial charge in [-0.15, -0.1) is 0 Å². The van der Waals surface area contributed by atoms with E-state index in [9.17, 15) is 4.79 Å². The Bertz CT molecular complexity index is 254. The molecule has 0 aromatic carbocycles. The van der Waals surface area contributed by atoms with Gasteiger partial charge < -0.3 is 9.64 Å². The Morgan fingerprint density at radius 2 is 2.20 bits per heavy atom. The van der Waals surface area contributed by atoms with Gasteiger partial charge >= 0.3 is 5.97 Å². The van der Waals surface area contributed by atoms with Crippen LogP contribution < -0.4 is 0 Å². The molecule has 0 bridgehead atoms. The third-order valence-corrected chi connectivity index (χ3v) is 4.09. The third kappa shape index (κ3) is 1.67. The zero-order valence-corrected chi connectivity index (χ0v) is 9.79. The lowest BCUT2D eigenvalue weighted by atomic mass is 9.75. The number of esters is 1. The van der Waals surface area contributed by atoms with E-state index in [-0.39, 0.29) is 11.4 Å². The lowest BCUT2D eigenvalue weighted by Crippen LogP contribution is -2.52. The van der Waals surface area contributed by atoms with Crippen molar-refractivity contribution in [1.29, 1.82) is 0 Å². The van der Waals surface area contributed by atoms with Crippen molar-refractivity contribution in [3.05, 3.63) is 0 Å². The van der Waals surface area contributed by atoms with Crippen LogP contribution in [-0.2, 0) is 9.53 Å². The van der Waals surface area contributed by atoms with Gasteiger partial charge in [-0.1, -0.05) is 6.42 Å². The molecular formula is C12H21NO2. The summed E-state index contributed by atoms with van der Waals surface area (Å²) in [4.78, 5) is 14.5. The normalized spacial score (nSPS) is 36.3. The highest BCUT2D eigenvalue weighted by Crippen LogP contribution is 2.48. The molecule has 0 aromatic heterocycles. The first-order valence-corrected chi connectivity index (χ1v) is 6.08. The Hall–Kier alpha value is -0.570. The molecule has 0 aromatic rings. The molecule has 86 valence electrons. The van der Waals surface area contributed by atoms with Crippen LogP contribution in [0.2, 0.25) is 0 Å². The summed E-state index contributed by atoms with van der Waals surface area (Å²) in [7, 11) is 2.14. The lowest BCUT2D eigenvalue weighted by Gasteiger charge is -2.42. The molecule has 0 amide bonds. The summed E-state index contributed by atoms with van der Waals surface area (Å²) >= 11 is 0. The molecule has 2 unspecified atom stereocenters. The maximum Gasteiger partial charge on any atom is 0.313 e. The first-order chi connectivity index (χ1) is 7.20. The fourth-order valence-corrected chi connectivity index (χ4v) is 3.40. The Morgan fingerprint density at radius 3 is 2.93 bits per heavy atom. The maximum atomic E-state index is 12.1. The van der Waals surface area contributed by atoms with Gasteiger partial charge in [0.25, 0.3) is 0 Å². The minimum absolute atomic E-state index is 0.0547. The molecular weight excluding hydrogens is 190 g/mol. The maximum absolute atomic E-state index is 12.1. The summed E-state index contributed by atoms with van der Waals surface area (Å²) < 4.78 is 5.27. The number of ether oxygens (including phenoxy) is 1. The van der Waals surface area contributed by atoms with Crippen LogP contribution in [0.5, 0.6) is 0 Å². The Balaban J connectivity index is 2.19. The fourth-order valence-electron chi connectivity index (χ4n) is 3.40. The number of nitrogens with zero attached hydrogens (tertiary/aromatic N) is 1. The summed E-state index contributed by atoms with van der Waals surface area (Å²) in [5.41, 5.74) is -0.164. The molecule has 1 aliphatic heterocycles.